The summed E-state index contributed by atoms with van der Waals surface area (Å²) in [5.74, 6) is 110. The molecule has 0 bridgehead atoms. The van der Waals surface area contributed by atoms with Gasteiger partial charge in [-0.15, -0.1) is 6.42 Å². The third kappa shape index (κ3) is 23.9. The number of nitrogens with zero attached hydrogens (tertiary/aromatic N) is 4. The van der Waals surface area contributed by atoms with Crippen LogP contribution in [-0.2, 0) is 22.2 Å². The Morgan fingerprint density at radius 2 is 0.902 bits per heavy atom. The Kier molecular flexibility index (Phi) is 28.5. The summed E-state index contributed by atoms with van der Waals surface area (Å²) in [6.45, 7) is 7.04. The quantitative estimate of drug-likeness (QED) is 0.240. The van der Waals surface area contributed by atoms with E-state index < -0.39 is 23.0 Å². The van der Waals surface area contributed by atoms with Crippen molar-refractivity contribution in [1.29, 1.82) is 5.26 Å². The Hall–Kier alpha value is -14.1. The maximum Gasteiger partial charge on any atom is 0.407 e. The average molecular weight is 1070 g/mol. The first-order chi connectivity index (χ1) is 40.0. The molecule has 0 aromatic heterocycles. The third-order valence-electron chi connectivity index (χ3n) is 9.16. The Morgan fingerprint density at radius 1 is 0.573 bits per heavy atom. The average Bonchev–Trinajstić information content (AvgIpc) is 3.98. The number of nitriles is 1. The van der Waals surface area contributed by atoms with Gasteiger partial charge in [0.25, 0.3) is 5.91 Å². The highest BCUT2D eigenvalue weighted by molar-refractivity contribution is 7.81. The zero-order chi connectivity index (χ0) is 59.2. The van der Waals surface area contributed by atoms with Gasteiger partial charge in [0.15, 0.2) is 16.9 Å². The number of carbonyl (C=O) groups is 2. The minimum Gasteiger partial charge on any atom is -0.370 e. The van der Waals surface area contributed by atoms with E-state index in [4.69, 9.17) is 36.2 Å². The number of alkyl halides is 3. The lowest BCUT2D eigenvalue weighted by Gasteiger charge is -2.43. The van der Waals surface area contributed by atoms with Crippen molar-refractivity contribution in [3.63, 3.8) is 0 Å². The Labute approximate surface area is 481 Å². The first-order valence-electron chi connectivity index (χ1n) is 22.5. The predicted octanol–water partition coefficient (Wildman–Crippen LogP) is 5.34. The van der Waals surface area contributed by atoms with Gasteiger partial charge in [0.05, 0.1) is 12.1 Å². The number of carbonyl (C=O) groups excluding carboxylic acids is 2. The smallest absolute Gasteiger partial charge is 0.370 e. The summed E-state index contributed by atoms with van der Waals surface area (Å²) in [6.07, 6.45) is 3.64. The number of anilines is 2. The maximum atomic E-state index is 13.5. The van der Waals surface area contributed by atoms with E-state index in [1.807, 2.05) is 24.3 Å². The second kappa shape index (κ2) is 37.6. The number of halogens is 3. The molecule has 1 aliphatic carbocycles. The van der Waals surface area contributed by atoms with Gasteiger partial charge in [0, 0.05) is 237 Å². The van der Waals surface area contributed by atoms with E-state index in [-0.39, 0.29) is 29.0 Å². The largest absolute Gasteiger partial charge is 0.407 e. The number of primary amides is 1. The molecule has 2 N–H and O–H groups in total. The minimum absolute atomic E-state index is 0.00780. The molecule has 82 heavy (non-hydrogen) atoms. The summed E-state index contributed by atoms with van der Waals surface area (Å²) in [5, 5.41) is 8.29. The molecule has 0 radical (unpaired) electrons. The highest BCUT2D eigenvalue weighted by Gasteiger charge is 2.59. The minimum atomic E-state index is -4.74. The number of thiocarbonyl (C=S) groups is 1. The van der Waals surface area contributed by atoms with E-state index in [0.29, 0.717) is 31.4 Å². The lowest BCUT2D eigenvalue weighted by molar-refractivity contribution is -0.137. The van der Waals surface area contributed by atoms with Crippen LogP contribution in [0.1, 0.15) is 43.2 Å². The highest BCUT2D eigenvalue weighted by atomic mass is 32.1. The van der Waals surface area contributed by atoms with Gasteiger partial charge in [-0.25, -0.2) is 4.85 Å². The predicted molar refractivity (Wildman–Crippen MR) is 311 cm³/mol. The number of amides is 2. The number of nitrogens with two attached hydrogens (primary N) is 1. The molecule has 0 unspecified atom stereocenters. The third-order valence-corrected chi connectivity index (χ3v) is 9.52. The van der Waals surface area contributed by atoms with Crippen LogP contribution in [0.3, 0.4) is 0 Å². The van der Waals surface area contributed by atoms with Gasteiger partial charge in [0.1, 0.15) is 5.54 Å². The summed E-state index contributed by atoms with van der Waals surface area (Å²) in [5.41, 5.74) is 4.28. The molecule has 4 rings (SSSR count). The van der Waals surface area contributed by atoms with E-state index in [0.717, 1.165) is 29.0 Å². The van der Waals surface area contributed by atoms with E-state index >= 15 is 0 Å². The van der Waals surface area contributed by atoms with Crippen LogP contribution in [-0.4, -0.2) is 22.5 Å². The molecule has 0 atom stereocenters. The zero-order valence-corrected chi connectivity index (χ0v) is 42.9. The fourth-order valence-corrected chi connectivity index (χ4v) is 6.32. The van der Waals surface area contributed by atoms with Gasteiger partial charge in [0.2, 0.25) is 5.91 Å². The number of terminal acetylenes is 1. The SMILES string of the molecule is C#CC#CC#CC#CC#CC#CC#CC#CC#CC#CC#CC#CC#CC#CC#CC#CC#CC#CC#CC#CC#CC#CC#CC#N.[C-]#[N+]c1ccc(N2C(=O)C3(CCC3)N(c3ccc(CCCC(N)=O)cc3)C2=S)cc1C(F)(F)F. The van der Waals surface area contributed by atoms with E-state index in [1.54, 1.807) is 11.0 Å². The van der Waals surface area contributed by atoms with Crippen molar-refractivity contribution in [3.8, 4) is 279 Å². The fourth-order valence-electron chi connectivity index (χ4n) is 5.85. The van der Waals surface area contributed by atoms with Gasteiger partial charge in [-0.2, -0.15) is 18.4 Å². The van der Waals surface area contributed by atoms with Gasteiger partial charge < -0.3 is 10.6 Å². The number of aryl methyl sites for hydroxylation is 1. The maximum absolute atomic E-state index is 13.5. The normalized spacial score (nSPS) is 9.37. The monoisotopic (exact) mass is 1070 g/mol. The molecular weight excluding hydrogens is 1040 g/mol. The molecule has 2 amide bonds. The Bertz CT molecular complexity index is 4460. The molecule has 1 saturated carbocycles. The first kappa shape index (κ1) is 62.2. The number of hydrogen-bond donors (Lipinski definition) is 1. The van der Waals surface area contributed by atoms with Crippen LogP contribution in [0.15, 0.2) is 42.5 Å². The standard InChI is InChI=1S/C47HN.C24H21F3N4O2S/c1-2-3-4-5-6-7-8-9-10-11-12-13-14-15-16-17-18-19-20-21-22-23-24-25-26-27-28-29-30-31-32-33-34-35-36-37-38-39-40-41-42-43-44-45-46-47-48;1-29-19-11-10-17(14-18(19)24(25,26)27)30-21(33)23(12-3-13-23)31(22(30)34)16-8-6-15(7-9-16)4-2-5-20(28)32/h1H;6-11,14H,2-5,12-13H2,(H2,28,32). The van der Waals surface area contributed by atoms with Crippen molar-refractivity contribution in [2.75, 3.05) is 9.80 Å². The van der Waals surface area contributed by atoms with Crippen molar-refractivity contribution >= 4 is 46.2 Å². The number of hydrogen-bond acceptors (Lipinski definition) is 4. The summed E-state index contributed by atoms with van der Waals surface area (Å²) < 4.78 is 40.6. The van der Waals surface area contributed by atoms with Crippen LogP contribution in [0.25, 0.3) is 4.85 Å². The Balaban J connectivity index is 0.000000452. The van der Waals surface area contributed by atoms with Crippen LogP contribution in [0.4, 0.5) is 30.2 Å². The summed E-state index contributed by atoms with van der Waals surface area (Å²) in [6, 6.07) is 12.2. The molecule has 1 heterocycles. The van der Waals surface area contributed by atoms with Gasteiger partial charge in [-0.3, -0.25) is 14.5 Å². The van der Waals surface area contributed by atoms with Crippen LogP contribution in [0.5, 0.6) is 0 Å². The lowest BCUT2D eigenvalue weighted by atomic mass is 9.75. The zero-order valence-electron chi connectivity index (χ0n) is 42.1. The summed E-state index contributed by atoms with van der Waals surface area (Å²) in [4.78, 5) is 30.3. The van der Waals surface area contributed by atoms with Crippen molar-refractivity contribution in [3.05, 3.63) is 65.0 Å². The first-order valence-corrected chi connectivity index (χ1v) is 22.9. The molecule has 370 valence electrons. The lowest BCUT2D eigenvalue weighted by Crippen LogP contribution is -2.55. The molecule has 11 heteroatoms. The second-order valence-electron chi connectivity index (χ2n) is 14.2. The second-order valence-corrected chi connectivity index (χ2v) is 14.6. The van der Waals surface area contributed by atoms with Gasteiger partial charge >= 0.3 is 6.18 Å². The summed E-state index contributed by atoms with van der Waals surface area (Å²) >= 11 is 5.62. The van der Waals surface area contributed by atoms with Gasteiger partial charge in [-0.1, -0.05) is 18.2 Å². The molecule has 1 aliphatic heterocycles. The highest BCUT2D eigenvalue weighted by Crippen LogP contribution is 2.49. The molecule has 2 aromatic rings. The van der Waals surface area contributed by atoms with E-state index in [9.17, 15) is 22.8 Å². The molecule has 2 aromatic carbocycles. The van der Waals surface area contributed by atoms with E-state index in [2.05, 4.69) is 271 Å². The van der Waals surface area contributed by atoms with Crippen molar-refractivity contribution < 1.29 is 22.8 Å². The van der Waals surface area contributed by atoms with Gasteiger partial charge in [-0.05, 0) is 122 Å². The number of rotatable bonds is 6. The van der Waals surface area contributed by atoms with Crippen LogP contribution in [0, 0.1) is 291 Å². The van der Waals surface area contributed by atoms with Crippen molar-refractivity contribution in [1.82, 2.24) is 0 Å². The Morgan fingerprint density at radius 3 is 1.18 bits per heavy atom. The van der Waals surface area contributed by atoms with Crippen molar-refractivity contribution in [2.24, 2.45) is 5.73 Å². The molecular formula is C71H22F3N5O2S. The molecule has 1 saturated heterocycles. The number of benzene rings is 2. The molecule has 2 fully saturated rings. The van der Waals surface area contributed by atoms with Crippen LogP contribution < -0.4 is 15.5 Å². The molecule has 7 nitrogen and oxygen atoms in total. The summed E-state index contributed by atoms with van der Waals surface area (Å²) in [7, 11) is 0. The van der Waals surface area contributed by atoms with Crippen molar-refractivity contribution in [2.45, 2.75) is 50.2 Å². The molecule has 1 spiro atoms. The fraction of sp³-hybridized carbons (Fsp3) is 0.113. The van der Waals surface area contributed by atoms with E-state index in [1.165, 1.54) is 6.07 Å². The molecule has 2 aliphatic rings. The van der Waals surface area contributed by atoms with Crippen LogP contribution in [0.2, 0.25) is 0 Å². The topological polar surface area (TPSA) is 94.8 Å². The van der Waals surface area contributed by atoms with Crippen LogP contribution >= 0.6 is 12.2 Å².